The van der Waals surface area contributed by atoms with Crippen LogP contribution in [0.15, 0.2) is 48.5 Å². The second-order valence-electron chi connectivity index (χ2n) is 7.93. The van der Waals surface area contributed by atoms with Gasteiger partial charge < -0.3 is 20.1 Å². The van der Waals surface area contributed by atoms with Crippen molar-refractivity contribution in [3.05, 3.63) is 65.2 Å². The van der Waals surface area contributed by atoms with Gasteiger partial charge in [-0.3, -0.25) is 0 Å². The van der Waals surface area contributed by atoms with Crippen LogP contribution in [0.1, 0.15) is 49.9 Å². The van der Waals surface area contributed by atoms with Crippen molar-refractivity contribution in [2.24, 2.45) is 5.73 Å². The average Bonchev–Trinajstić information content (AvgIpc) is 2.78. The number of benzene rings is 2. The minimum atomic E-state index is -0.519. The van der Waals surface area contributed by atoms with Gasteiger partial charge in [0.2, 0.25) is 0 Å². The zero-order valence-electron chi connectivity index (χ0n) is 16.3. The molecule has 27 heavy (non-hydrogen) atoms. The second-order valence-corrected chi connectivity index (χ2v) is 7.93. The summed E-state index contributed by atoms with van der Waals surface area (Å²) in [5.41, 5.74) is 9.00. The predicted octanol–water partition coefficient (Wildman–Crippen LogP) is 4.41. The van der Waals surface area contributed by atoms with Gasteiger partial charge in [-0.2, -0.15) is 0 Å². The number of nitrogens with two attached hydrogens (primary N) is 1. The summed E-state index contributed by atoms with van der Waals surface area (Å²) >= 11 is 0. The smallest absolute Gasteiger partial charge is 0.410 e. The van der Waals surface area contributed by atoms with Crippen LogP contribution in [0.25, 0.3) is 0 Å². The third kappa shape index (κ3) is 5.23. The highest BCUT2D eigenvalue weighted by molar-refractivity contribution is 5.68. The lowest BCUT2D eigenvalue weighted by Gasteiger charge is -2.26. The van der Waals surface area contributed by atoms with Crippen LogP contribution < -0.4 is 10.5 Å². The third-order valence-electron chi connectivity index (χ3n) is 4.49. The molecule has 1 aliphatic heterocycles. The van der Waals surface area contributed by atoms with Crippen molar-refractivity contribution < 1.29 is 14.3 Å². The summed E-state index contributed by atoms with van der Waals surface area (Å²) in [5, 5.41) is 0. The maximum absolute atomic E-state index is 12.5. The van der Waals surface area contributed by atoms with E-state index in [1.54, 1.807) is 4.90 Å². The Morgan fingerprint density at radius 1 is 1.19 bits per heavy atom. The van der Waals surface area contributed by atoms with Crippen molar-refractivity contribution in [1.82, 2.24) is 4.90 Å². The Hall–Kier alpha value is -2.53. The number of carbonyl (C=O) groups excluding carboxylic acids is 1. The van der Waals surface area contributed by atoms with Crippen LogP contribution in [-0.2, 0) is 17.9 Å². The first-order chi connectivity index (χ1) is 12.8. The van der Waals surface area contributed by atoms with E-state index in [9.17, 15) is 4.79 Å². The Morgan fingerprint density at radius 2 is 1.93 bits per heavy atom. The van der Waals surface area contributed by atoms with E-state index >= 15 is 0 Å². The third-order valence-corrected chi connectivity index (χ3v) is 4.49. The van der Waals surface area contributed by atoms with Crippen LogP contribution in [0.4, 0.5) is 4.79 Å². The summed E-state index contributed by atoms with van der Waals surface area (Å²) in [6.45, 7) is 7.17. The Balaban J connectivity index is 1.75. The van der Waals surface area contributed by atoms with Gasteiger partial charge in [0.25, 0.3) is 0 Å². The molecule has 144 valence electrons. The molecule has 0 fully saturated rings. The lowest BCUT2D eigenvalue weighted by Crippen LogP contribution is -2.36. The van der Waals surface area contributed by atoms with Gasteiger partial charge in [0.15, 0.2) is 0 Å². The van der Waals surface area contributed by atoms with E-state index in [0.717, 1.165) is 22.4 Å². The van der Waals surface area contributed by atoms with Crippen molar-refractivity contribution in [3.8, 4) is 5.75 Å². The number of carbonyl (C=O) groups is 1. The zero-order chi connectivity index (χ0) is 19.4. The molecule has 0 aliphatic carbocycles. The van der Waals surface area contributed by atoms with Gasteiger partial charge >= 0.3 is 6.09 Å². The predicted molar refractivity (Wildman–Crippen MR) is 105 cm³/mol. The first-order valence-corrected chi connectivity index (χ1v) is 9.35. The van der Waals surface area contributed by atoms with Crippen LogP contribution >= 0.6 is 0 Å². The monoisotopic (exact) mass is 368 g/mol. The van der Waals surface area contributed by atoms with E-state index < -0.39 is 5.60 Å². The zero-order valence-corrected chi connectivity index (χ0v) is 16.3. The highest BCUT2D eigenvalue weighted by Crippen LogP contribution is 2.29. The number of nitrogens with zero attached hydrogens (tertiary/aromatic N) is 1. The van der Waals surface area contributed by atoms with Gasteiger partial charge in [-0.25, -0.2) is 4.79 Å². The van der Waals surface area contributed by atoms with Gasteiger partial charge in [-0.05, 0) is 56.0 Å². The molecule has 0 saturated carbocycles. The number of fused-ring (bicyclic) bond motifs is 1. The maximum atomic E-state index is 12.5. The van der Waals surface area contributed by atoms with Crippen molar-refractivity contribution in [1.29, 1.82) is 0 Å². The van der Waals surface area contributed by atoms with Crippen LogP contribution in [0, 0.1) is 0 Å². The fourth-order valence-corrected chi connectivity index (χ4v) is 3.13. The van der Waals surface area contributed by atoms with Crippen molar-refractivity contribution in [2.45, 2.75) is 52.0 Å². The van der Waals surface area contributed by atoms with Crippen molar-refractivity contribution in [2.75, 3.05) is 6.54 Å². The van der Waals surface area contributed by atoms with E-state index in [1.807, 2.05) is 69.3 Å². The molecule has 0 spiro atoms. The lowest BCUT2D eigenvalue weighted by atomic mass is 10.00. The normalized spacial score (nSPS) is 17.0. The summed E-state index contributed by atoms with van der Waals surface area (Å²) in [7, 11) is 0. The van der Waals surface area contributed by atoms with Crippen LogP contribution in [-0.4, -0.2) is 23.1 Å². The second kappa shape index (κ2) is 8.01. The van der Waals surface area contributed by atoms with Crippen LogP contribution in [0.3, 0.4) is 0 Å². The quantitative estimate of drug-likeness (QED) is 0.872. The standard InChI is InChI=1S/C22H28N2O3/c1-22(2,3)27-21(25)24-12-11-20(23)19-10-9-18(13-17(19)14-24)26-15-16-7-5-4-6-8-16/h4-10,13,20H,11-12,14-15,23H2,1-3H3/t20-/m1/s1. The Bertz CT molecular complexity index is 784. The molecule has 5 nitrogen and oxygen atoms in total. The number of amides is 1. The molecule has 0 unspecified atom stereocenters. The van der Waals surface area contributed by atoms with E-state index in [2.05, 4.69) is 0 Å². The molecule has 0 bridgehead atoms. The van der Waals surface area contributed by atoms with E-state index in [1.165, 1.54) is 0 Å². The number of hydrogen-bond donors (Lipinski definition) is 1. The molecular weight excluding hydrogens is 340 g/mol. The van der Waals surface area contributed by atoms with Crippen LogP contribution in [0.5, 0.6) is 5.75 Å². The molecule has 0 radical (unpaired) electrons. The van der Waals surface area contributed by atoms with Crippen molar-refractivity contribution >= 4 is 6.09 Å². The Labute approximate surface area is 161 Å². The molecule has 1 atom stereocenters. The SMILES string of the molecule is CC(C)(C)OC(=O)N1CC[C@@H](N)c2ccc(OCc3ccccc3)cc2C1. The van der Waals surface area contributed by atoms with E-state index in [0.29, 0.717) is 26.1 Å². The Morgan fingerprint density at radius 3 is 2.63 bits per heavy atom. The Kier molecular flexibility index (Phi) is 5.71. The molecule has 2 aromatic rings. The summed E-state index contributed by atoms with van der Waals surface area (Å²) < 4.78 is 11.5. The molecule has 1 amide bonds. The highest BCUT2D eigenvalue weighted by Gasteiger charge is 2.27. The van der Waals surface area contributed by atoms with E-state index in [4.69, 9.17) is 15.2 Å². The van der Waals surface area contributed by atoms with E-state index in [-0.39, 0.29) is 12.1 Å². The first-order valence-electron chi connectivity index (χ1n) is 9.35. The molecule has 2 N–H and O–H groups in total. The number of ether oxygens (including phenoxy) is 2. The first kappa shape index (κ1) is 19.2. The van der Waals surface area contributed by atoms with Gasteiger partial charge in [-0.15, -0.1) is 0 Å². The lowest BCUT2D eigenvalue weighted by molar-refractivity contribution is 0.0235. The molecule has 2 aromatic carbocycles. The van der Waals surface area contributed by atoms with Crippen LogP contribution in [0.2, 0.25) is 0 Å². The van der Waals surface area contributed by atoms with Crippen molar-refractivity contribution in [3.63, 3.8) is 0 Å². The van der Waals surface area contributed by atoms with Gasteiger partial charge in [0.1, 0.15) is 18.0 Å². The summed E-state index contributed by atoms with van der Waals surface area (Å²) in [6.07, 6.45) is 0.398. The molecule has 5 heteroatoms. The highest BCUT2D eigenvalue weighted by atomic mass is 16.6. The maximum Gasteiger partial charge on any atom is 0.410 e. The fraction of sp³-hybridized carbons (Fsp3) is 0.409. The molecular formula is C22H28N2O3. The molecule has 0 aromatic heterocycles. The molecule has 3 rings (SSSR count). The minimum absolute atomic E-state index is 0.101. The summed E-state index contributed by atoms with van der Waals surface area (Å²) in [6, 6.07) is 15.9. The minimum Gasteiger partial charge on any atom is -0.489 e. The average molecular weight is 368 g/mol. The molecule has 1 heterocycles. The topological polar surface area (TPSA) is 64.8 Å². The fourth-order valence-electron chi connectivity index (χ4n) is 3.13. The largest absolute Gasteiger partial charge is 0.489 e. The summed E-state index contributed by atoms with van der Waals surface area (Å²) in [4.78, 5) is 14.2. The number of rotatable bonds is 3. The summed E-state index contributed by atoms with van der Waals surface area (Å²) in [5.74, 6) is 0.774. The molecule has 0 saturated heterocycles. The van der Waals surface area contributed by atoms with Gasteiger partial charge in [0, 0.05) is 19.1 Å². The van der Waals surface area contributed by atoms with Gasteiger partial charge in [0.05, 0.1) is 0 Å². The molecule has 1 aliphatic rings. The van der Waals surface area contributed by atoms with Gasteiger partial charge in [-0.1, -0.05) is 36.4 Å². The number of hydrogen-bond acceptors (Lipinski definition) is 4.